The summed E-state index contributed by atoms with van der Waals surface area (Å²) < 4.78 is 0. The van der Waals surface area contributed by atoms with Crippen LogP contribution in [0.15, 0.2) is 42.0 Å². The van der Waals surface area contributed by atoms with Crippen LogP contribution in [0.3, 0.4) is 0 Å². The quantitative estimate of drug-likeness (QED) is 0.625. The summed E-state index contributed by atoms with van der Waals surface area (Å²) in [7, 11) is 0. The maximum atomic E-state index is 11.9. The minimum absolute atomic E-state index is 0.0439. The molecule has 1 aromatic carbocycles. The van der Waals surface area contributed by atoms with Crippen LogP contribution in [0, 0.1) is 0 Å². The number of carbonyl (C=O) groups is 1. The molecule has 0 aliphatic rings. The lowest BCUT2D eigenvalue weighted by Crippen LogP contribution is -2.42. The van der Waals surface area contributed by atoms with Crippen molar-refractivity contribution in [2.75, 3.05) is 11.6 Å². The van der Waals surface area contributed by atoms with E-state index in [0.717, 1.165) is 24.2 Å². The van der Waals surface area contributed by atoms with Crippen LogP contribution >= 0.6 is 0 Å². The van der Waals surface area contributed by atoms with Gasteiger partial charge in [-0.2, -0.15) is 0 Å². The molecule has 0 radical (unpaired) electrons. The highest BCUT2D eigenvalue weighted by Crippen LogP contribution is 2.10. The molecule has 1 N–H and O–H groups in total. The lowest BCUT2D eigenvalue weighted by Gasteiger charge is -2.23. The van der Waals surface area contributed by atoms with Crippen LogP contribution < -0.4 is 10.4 Å². The minimum Gasteiger partial charge on any atom is -0.286 e. The summed E-state index contributed by atoms with van der Waals surface area (Å²) in [4.78, 5) is 11.9. The fourth-order valence-electron chi connectivity index (χ4n) is 1.54. The van der Waals surface area contributed by atoms with E-state index in [2.05, 4.69) is 5.43 Å². The third kappa shape index (κ3) is 3.94. The molecule has 1 aromatic rings. The molecule has 1 rings (SSSR count). The van der Waals surface area contributed by atoms with E-state index in [1.54, 1.807) is 0 Å². The summed E-state index contributed by atoms with van der Waals surface area (Å²) in [5.41, 5.74) is 4.64. The average molecular weight is 232 g/mol. The molecule has 0 spiro atoms. The summed E-state index contributed by atoms with van der Waals surface area (Å²) >= 11 is 0. The molecular formula is C14H20N2O. The maximum absolute atomic E-state index is 11.9. The number of carbonyl (C=O) groups excluding carboxylic acids is 1. The summed E-state index contributed by atoms with van der Waals surface area (Å²) in [6, 6.07) is 9.82. The van der Waals surface area contributed by atoms with Gasteiger partial charge >= 0.3 is 0 Å². The Hall–Kier alpha value is -1.77. The highest BCUT2D eigenvalue weighted by atomic mass is 16.2. The molecule has 0 bridgehead atoms. The zero-order valence-corrected chi connectivity index (χ0v) is 10.7. The Morgan fingerprint density at radius 2 is 1.94 bits per heavy atom. The predicted molar refractivity (Wildman–Crippen MR) is 71.7 cm³/mol. The molecule has 0 saturated carbocycles. The molecule has 0 saturated heterocycles. The van der Waals surface area contributed by atoms with Gasteiger partial charge in [-0.25, -0.2) is 0 Å². The van der Waals surface area contributed by atoms with Gasteiger partial charge in [-0.15, -0.1) is 0 Å². The first kappa shape index (κ1) is 13.3. The van der Waals surface area contributed by atoms with E-state index in [4.69, 9.17) is 0 Å². The molecule has 1 amide bonds. The molecule has 0 fully saturated rings. The number of hydrogen-bond donors (Lipinski definition) is 1. The largest absolute Gasteiger partial charge is 0.286 e. The number of nitrogens with one attached hydrogen (secondary N) is 1. The molecule has 3 heteroatoms. The molecule has 92 valence electrons. The number of hydrogen-bond acceptors (Lipinski definition) is 2. The number of amides is 1. The average Bonchev–Trinajstić information content (AvgIpc) is 2.37. The zero-order chi connectivity index (χ0) is 12.7. The minimum atomic E-state index is -0.0439. The van der Waals surface area contributed by atoms with Gasteiger partial charge in [0.05, 0.1) is 5.69 Å². The van der Waals surface area contributed by atoms with Crippen LogP contribution in [-0.2, 0) is 4.79 Å². The second-order valence-electron chi connectivity index (χ2n) is 3.82. The van der Waals surface area contributed by atoms with Gasteiger partial charge in [-0.3, -0.25) is 15.2 Å². The van der Waals surface area contributed by atoms with Gasteiger partial charge in [-0.1, -0.05) is 31.2 Å². The Balaban J connectivity index is 2.72. The normalized spacial score (nSPS) is 11.1. The Morgan fingerprint density at radius 3 is 2.47 bits per heavy atom. The SMILES string of the molecule is CCC=C(C)C(=O)NN(CC)c1ccccc1. The van der Waals surface area contributed by atoms with Crippen molar-refractivity contribution in [1.82, 2.24) is 5.43 Å². The van der Waals surface area contributed by atoms with Crippen LogP contribution in [0.2, 0.25) is 0 Å². The van der Waals surface area contributed by atoms with Gasteiger partial charge in [0.2, 0.25) is 0 Å². The summed E-state index contributed by atoms with van der Waals surface area (Å²) in [6.07, 6.45) is 2.80. The second kappa shape index (κ2) is 6.74. The van der Waals surface area contributed by atoms with Crippen molar-refractivity contribution >= 4 is 11.6 Å². The summed E-state index contributed by atoms with van der Waals surface area (Å²) in [5, 5.41) is 1.84. The molecule has 0 aromatic heterocycles. The highest BCUT2D eigenvalue weighted by Gasteiger charge is 2.09. The van der Waals surface area contributed by atoms with E-state index < -0.39 is 0 Å². The number of allylic oxidation sites excluding steroid dienone is 1. The Bertz CT molecular complexity index is 384. The summed E-state index contributed by atoms with van der Waals surface area (Å²) in [5.74, 6) is -0.0439. The Morgan fingerprint density at radius 1 is 1.29 bits per heavy atom. The molecular weight excluding hydrogens is 212 g/mol. The molecule has 17 heavy (non-hydrogen) atoms. The van der Waals surface area contributed by atoms with E-state index in [1.165, 1.54) is 0 Å². The zero-order valence-electron chi connectivity index (χ0n) is 10.7. The van der Waals surface area contributed by atoms with E-state index in [-0.39, 0.29) is 5.91 Å². The molecule has 0 atom stereocenters. The van der Waals surface area contributed by atoms with Gasteiger partial charge in [0.25, 0.3) is 5.91 Å². The fraction of sp³-hybridized carbons (Fsp3) is 0.357. The van der Waals surface area contributed by atoms with Gasteiger partial charge in [0, 0.05) is 12.1 Å². The van der Waals surface area contributed by atoms with Crippen molar-refractivity contribution in [1.29, 1.82) is 0 Å². The first-order chi connectivity index (χ1) is 8.19. The van der Waals surface area contributed by atoms with Crippen molar-refractivity contribution in [3.8, 4) is 0 Å². The van der Waals surface area contributed by atoms with Crippen molar-refractivity contribution in [2.45, 2.75) is 27.2 Å². The standard InChI is InChI=1S/C14H20N2O/c1-4-9-12(3)14(17)15-16(5-2)13-10-7-6-8-11-13/h6-11H,4-5H2,1-3H3,(H,15,17). The molecule has 3 nitrogen and oxygen atoms in total. The topological polar surface area (TPSA) is 32.3 Å². The predicted octanol–water partition coefficient (Wildman–Crippen LogP) is 2.90. The first-order valence-electron chi connectivity index (χ1n) is 5.99. The third-order valence-electron chi connectivity index (χ3n) is 2.49. The molecule has 0 unspecified atom stereocenters. The van der Waals surface area contributed by atoms with Crippen LogP contribution in [0.5, 0.6) is 0 Å². The van der Waals surface area contributed by atoms with E-state index >= 15 is 0 Å². The van der Waals surface area contributed by atoms with E-state index in [0.29, 0.717) is 0 Å². The number of anilines is 1. The van der Waals surface area contributed by atoms with Crippen LogP contribution in [0.1, 0.15) is 27.2 Å². The van der Waals surface area contributed by atoms with Crippen LogP contribution in [0.25, 0.3) is 0 Å². The van der Waals surface area contributed by atoms with E-state index in [1.807, 2.05) is 62.2 Å². The Labute approximate surface area is 103 Å². The van der Waals surface area contributed by atoms with Crippen LogP contribution in [-0.4, -0.2) is 12.5 Å². The van der Waals surface area contributed by atoms with Gasteiger partial charge < -0.3 is 0 Å². The van der Waals surface area contributed by atoms with Gasteiger partial charge in [0.1, 0.15) is 0 Å². The third-order valence-corrected chi connectivity index (χ3v) is 2.49. The van der Waals surface area contributed by atoms with Gasteiger partial charge in [-0.05, 0) is 32.4 Å². The maximum Gasteiger partial charge on any atom is 0.265 e. The number of para-hydroxylation sites is 1. The number of nitrogens with zero attached hydrogens (tertiary/aromatic N) is 1. The lowest BCUT2D eigenvalue weighted by molar-refractivity contribution is -0.117. The lowest BCUT2D eigenvalue weighted by atomic mass is 10.2. The summed E-state index contributed by atoms with van der Waals surface area (Å²) in [6.45, 7) is 6.59. The first-order valence-corrected chi connectivity index (χ1v) is 5.99. The fourth-order valence-corrected chi connectivity index (χ4v) is 1.54. The van der Waals surface area contributed by atoms with Gasteiger partial charge in [0.15, 0.2) is 0 Å². The number of rotatable bonds is 5. The Kier molecular flexibility index (Phi) is 5.27. The molecule has 0 heterocycles. The van der Waals surface area contributed by atoms with Crippen molar-refractivity contribution in [2.24, 2.45) is 0 Å². The smallest absolute Gasteiger partial charge is 0.265 e. The van der Waals surface area contributed by atoms with Crippen LogP contribution in [0.4, 0.5) is 5.69 Å². The van der Waals surface area contributed by atoms with E-state index in [9.17, 15) is 4.79 Å². The van der Waals surface area contributed by atoms with Crippen molar-refractivity contribution in [3.05, 3.63) is 42.0 Å². The van der Waals surface area contributed by atoms with Crippen molar-refractivity contribution in [3.63, 3.8) is 0 Å². The molecule has 0 aliphatic carbocycles. The number of hydrazine groups is 1. The molecule has 0 aliphatic heterocycles. The number of benzene rings is 1. The highest BCUT2D eigenvalue weighted by molar-refractivity contribution is 5.93. The van der Waals surface area contributed by atoms with Crippen molar-refractivity contribution < 1.29 is 4.79 Å². The monoisotopic (exact) mass is 232 g/mol. The second-order valence-corrected chi connectivity index (χ2v) is 3.82.